The Hall–Kier alpha value is 0.0500. The quantitative estimate of drug-likeness (QED) is 0.888. The molecule has 0 aliphatic carbocycles. The zero-order valence-corrected chi connectivity index (χ0v) is 13.6. The molecule has 18 heavy (non-hydrogen) atoms. The molecular weight excluding hydrogens is 336 g/mol. The van der Waals surface area contributed by atoms with Crippen molar-refractivity contribution in [1.29, 1.82) is 0 Å². The van der Waals surface area contributed by atoms with E-state index in [1.807, 2.05) is 13.8 Å². The van der Waals surface area contributed by atoms with Gasteiger partial charge >= 0.3 is 0 Å². The molecule has 1 aromatic heterocycles. The predicted octanol–water partition coefficient (Wildman–Crippen LogP) is 2.32. The van der Waals surface area contributed by atoms with Gasteiger partial charge in [0.1, 0.15) is 4.21 Å². The first-order valence-electron chi connectivity index (χ1n) is 5.85. The molecule has 2 unspecified atom stereocenters. The van der Waals surface area contributed by atoms with Crippen LogP contribution in [0.2, 0.25) is 0 Å². The highest BCUT2D eigenvalue weighted by atomic mass is 79.9. The molecule has 0 bridgehead atoms. The summed E-state index contributed by atoms with van der Waals surface area (Å²) < 4.78 is 28.0. The highest BCUT2D eigenvalue weighted by Crippen LogP contribution is 2.34. The number of rotatable bonds is 2. The molecule has 0 radical (unpaired) electrons. The second-order valence-electron chi connectivity index (χ2n) is 4.77. The molecule has 2 N–H and O–H groups in total. The normalized spacial score (nSPS) is 26.4. The van der Waals surface area contributed by atoms with E-state index >= 15 is 0 Å². The zero-order chi connectivity index (χ0) is 13.5. The van der Waals surface area contributed by atoms with Crippen molar-refractivity contribution in [3.63, 3.8) is 0 Å². The minimum atomic E-state index is -3.37. The Kier molecular flexibility index (Phi) is 4.18. The third kappa shape index (κ3) is 2.65. The summed E-state index contributed by atoms with van der Waals surface area (Å²) in [5.74, 6) is 0. The van der Waals surface area contributed by atoms with Crippen LogP contribution in [0.25, 0.3) is 0 Å². The molecule has 0 amide bonds. The summed E-state index contributed by atoms with van der Waals surface area (Å²) in [4.78, 5) is 0. The van der Waals surface area contributed by atoms with Crippen molar-refractivity contribution in [2.75, 3.05) is 6.54 Å². The highest BCUT2D eigenvalue weighted by molar-refractivity contribution is 9.11. The number of halogens is 1. The second-order valence-corrected chi connectivity index (χ2v) is 9.26. The van der Waals surface area contributed by atoms with E-state index in [1.165, 1.54) is 11.3 Å². The smallest absolute Gasteiger partial charge is 0.252 e. The average molecular weight is 353 g/mol. The van der Waals surface area contributed by atoms with Crippen molar-refractivity contribution in [1.82, 2.24) is 4.31 Å². The van der Waals surface area contributed by atoms with E-state index in [1.54, 1.807) is 10.4 Å². The predicted molar refractivity (Wildman–Crippen MR) is 77.3 cm³/mol. The second kappa shape index (κ2) is 5.20. The van der Waals surface area contributed by atoms with Crippen molar-refractivity contribution >= 4 is 37.3 Å². The van der Waals surface area contributed by atoms with Gasteiger partial charge in [0.25, 0.3) is 10.0 Å². The van der Waals surface area contributed by atoms with Crippen LogP contribution in [0.1, 0.15) is 25.3 Å². The SMILES string of the molecule is Cc1cc(S(=O)(=O)N2CCC(N)CC2C)sc1Br. The minimum Gasteiger partial charge on any atom is -0.328 e. The van der Waals surface area contributed by atoms with Crippen LogP contribution in [0.3, 0.4) is 0 Å². The van der Waals surface area contributed by atoms with Gasteiger partial charge < -0.3 is 5.73 Å². The maximum absolute atomic E-state index is 12.5. The van der Waals surface area contributed by atoms with Gasteiger partial charge in [0, 0.05) is 18.6 Å². The molecule has 2 rings (SSSR count). The monoisotopic (exact) mass is 352 g/mol. The van der Waals surface area contributed by atoms with E-state index in [4.69, 9.17) is 5.73 Å². The van der Waals surface area contributed by atoms with Gasteiger partial charge in [-0.2, -0.15) is 4.31 Å². The largest absolute Gasteiger partial charge is 0.328 e. The van der Waals surface area contributed by atoms with Crippen LogP contribution in [0, 0.1) is 6.92 Å². The number of piperidine rings is 1. The van der Waals surface area contributed by atoms with Gasteiger partial charge in [-0.05, 0) is 54.2 Å². The molecule has 0 aromatic carbocycles. The lowest BCUT2D eigenvalue weighted by atomic mass is 10.0. The van der Waals surface area contributed by atoms with Crippen molar-refractivity contribution < 1.29 is 8.42 Å². The van der Waals surface area contributed by atoms with Crippen LogP contribution < -0.4 is 5.73 Å². The lowest BCUT2D eigenvalue weighted by Gasteiger charge is -2.34. The first-order chi connectivity index (χ1) is 8.32. The van der Waals surface area contributed by atoms with Crippen LogP contribution in [-0.2, 0) is 10.0 Å². The molecule has 1 fully saturated rings. The van der Waals surface area contributed by atoms with Crippen LogP contribution in [0.5, 0.6) is 0 Å². The molecule has 1 aliphatic heterocycles. The first kappa shape index (κ1) is 14.5. The molecule has 2 heterocycles. The fourth-order valence-electron chi connectivity index (χ4n) is 2.22. The van der Waals surface area contributed by atoms with Gasteiger partial charge in [-0.25, -0.2) is 8.42 Å². The highest BCUT2D eigenvalue weighted by Gasteiger charge is 2.34. The van der Waals surface area contributed by atoms with Gasteiger partial charge in [-0.1, -0.05) is 0 Å². The van der Waals surface area contributed by atoms with Gasteiger partial charge in [-0.3, -0.25) is 0 Å². The van der Waals surface area contributed by atoms with E-state index in [2.05, 4.69) is 15.9 Å². The van der Waals surface area contributed by atoms with Gasteiger partial charge in [-0.15, -0.1) is 11.3 Å². The number of hydrogen-bond donors (Lipinski definition) is 1. The van der Waals surface area contributed by atoms with Crippen LogP contribution >= 0.6 is 27.3 Å². The Balaban J connectivity index is 2.31. The topological polar surface area (TPSA) is 63.4 Å². The van der Waals surface area contributed by atoms with Crippen molar-refractivity contribution in [3.05, 3.63) is 15.4 Å². The van der Waals surface area contributed by atoms with Crippen molar-refractivity contribution in [2.45, 2.75) is 43.0 Å². The summed E-state index contributed by atoms with van der Waals surface area (Å²) in [6, 6.07) is 1.81. The summed E-state index contributed by atoms with van der Waals surface area (Å²) in [6.45, 7) is 4.33. The maximum Gasteiger partial charge on any atom is 0.252 e. The number of hydrogen-bond acceptors (Lipinski definition) is 4. The fraction of sp³-hybridized carbons (Fsp3) is 0.636. The average Bonchev–Trinajstić information content (AvgIpc) is 2.59. The number of nitrogens with two attached hydrogens (primary N) is 1. The number of sulfonamides is 1. The summed E-state index contributed by atoms with van der Waals surface area (Å²) >= 11 is 4.65. The summed E-state index contributed by atoms with van der Waals surface area (Å²) in [7, 11) is -3.37. The Bertz CT molecular complexity index is 522. The minimum absolute atomic E-state index is 0.0278. The Labute approximate surface area is 120 Å². The zero-order valence-electron chi connectivity index (χ0n) is 10.4. The van der Waals surface area contributed by atoms with Crippen LogP contribution in [0.4, 0.5) is 0 Å². The van der Waals surface area contributed by atoms with Crippen LogP contribution in [-0.4, -0.2) is 31.4 Å². The number of thiophene rings is 1. The lowest BCUT2D eigenvalue weighted by molar-refractivity contribution is 0.247. The Morgan fingerprint density at radius 3 is 2.72 bits per heavy atom. The van der Waals surface area contributed by atoms with E-state index in [0.717, 1.165) is 22.2 Å². The molecule has 1 aromatic rings. The molecular formula is C11H17BrN2O2S2. The standard InChI is InChI=1S/C11H17BrN2O2S2/c1-7-5-10(17-11(7)12)18(15,16)14-4-3-9(13)6-8(14)2/h5,8-9H,3-4,6,13H2,1-2H3. The molecule has 1 saturated heterocycles. The van der Waals surface area contributed by atoms with E-state index in [0.29, 0.717) is 10.8 Å². The fourth-order valence-corrected chi connectivity index (χ4v) is 6.23. The van der Waals surface area contributed by atoms with E-state index in [9.17, 15) is 8.42 Å². The molecule has 2 atom stereocenters. The van der Waals surface area contributed by atoms with Gasteiger partial charge in [0.05, 0.1) is 3.79 Å². The molecule has 1 aliphatic rings. The molecule has 0 spiro atoms. The van der Waals surface area contributed by atoms with Crippen LogP contribution in [0.15, 0.2) is 14.1 Å². The molecule has 7 heteroatoms. The summed E-state index contributed by atoms with van der Waals surface area (Å²) in [5.41, 5.74) is 6.83. The Morgan fingerprint density at radius 1 is 1.56 bits per heavy atom. The summed E-state index contributed by atoms with van der Waals surface area (Å²) in [5, 5.41) is 0. The summed E-state index contributed by atoms with van der Waals surface area (Å²) in [6.07, 6.45) is 1.46. The molecule has 4 nitrogen and oxygen atoms in total. The maximum atomic E-state index is 12.5. The third-order valence-corrected chi connectivity index (χ3v) is 7.85. The third-order valence-electron chi connectivity index (χ3n) is 3.25. The Morgan fingerprint density at radius 2 is 2.22 bits per heavy atom. The van der Waals surface area contributed by atoms with E-state index in [-0.39, 0.29) is 12.1 Å². The number of aryl methyl sites for hydroxylation is 1. The number of nitrogens with zero attached hydrogens (tertiary/aromatic N) is 1. The van der Waals surface area contributed by atoms with Crippen molar-refractivity contribution in [3.8, 4) is 0 Å². The van der Waals surface area contributed by atoms with E-state index < -0.39 is 10.0 Å². The first-order valence-corrected chi connectivity index (χ1v) is 8.90. The van der Waals surface area contributed by atoms with Gasteiger partial charge in [0.2, 0.25) is 0 Å². The lowest BCUT2D eigenvalue weighted by Crippen LogP contribution is -2.48. The van der Waals surface area contributed by atoms with Crippen molar-refractivity contribution in [2.24, 2.45) is 5.73 Å². The molecule has 102 valence electrons. The van der Waals surface area contributed by atoms with Gasteiger partial charge in [0.15, 0.2) is 0 Å². The molecule has 0 saturated carbocycles.